The number of ether oxygens (including phenoxy) is 2. The van der Waals surface area contributed by atoms with Crippen molar-refractivity contribution in [3.05, 3.63) is 330 Å². The van der Waals surface area contributed by atoms with E-state index < -0.39 is 13.2 Å². The van der Waals surface area contributed by atoms with Crippen molar-refractivity contribution in [2.45, 2.75) is 106 Å². The highest BCUT2D eigenvalue weighted by Gasteiger charge is 2.52. The first-order valence-corrected chi connectivity index (χ1v) is 43.7. The molecule has 8 nitrogen and oxygen atoms in total. The number of para-hydroxylation sites is 5. The Labute approximate surface area is 654 Å². The summed E-state index contributed by atoms with van der Waals surface area (Å²) in [6, 6.07) is 101. The topological polar surface area (TPSA) is 53.4 Å². The highest BCUT2D eigenvalue weighted by molar-refractivity contribution is 8.27. The van der Waals surface area contributed by atoms with E-state index in [1.807, 2.05) is 66.8 Å². The van der Waals surface area contributed by atoms with E-state index in [1.54, 1.807) is 0 Å². The number of thiophene rings is 1. The molecule has 4 aliphatic rings. The van der Waals surface area contributed by atoms with Crippen LogP contribution in [0, 0.1) is 20.8 Å². The van der Waals surface area contributed by atoms with Crippen LogP contribution in [0.3, 0.4) is 0 Å². The van der Waals surface area contributed by atoms with Crippen molar-refractivity contribution < 1.29 is 14.0 Å². The summed E-state index contributed by atoms with van der Waals surface area (Å²) in [5.74, 6) is 3.27. The van der Waals surface area contributed by atoms with Gasteiger partial charge in [-0.05, 0) is 247 Å². The maximum Gasteiger partial charge on any atom is 0.201 e. The Kier molecular flexibility index (Phi) is 16.7. The van der Waals surface area contributed by atoms with Crippen LogP contribution in [-0.2, 0) is 28.2 Å². The van der Waals surface area contributed by atoms with Crippen LogP contribution in [0.15, 0.2) is 285 Å². The van der Waals surface area contributed by atoms with Crippen molar-refractivity contribution >= 4 is 157 Å². The molecule has 2 unspecified atom stereocenters. The van der Waals surface area contributed by atoms with Gasteiger partial charge in [-0.2, -0.15) is 0 Å². The normalized spacial score (nSPS) is 15.8. The van der Waals surface area contributed by atoms with Crippen molar-refractivity contribution in [2.24, 2.45) is 0 Å². The lowest BCUT2D eigenvalue weighted by molar-refractivity contribution is 0.463. The molecule has 19 rings (SSSR count). The lowest BCUT2D eigenvalue weighted by Gasteiger charge is -2.46. The van der Waals surface area contributed by atoms with Crippen LogP contribution in [-0.4, -0.2) is 4.57 Å². The molecule has 12 heteroatoms. The Hall–Kier alpha value is -11.0. The van der Waals surface area contributed by atoms with E-state index in [0.29, 0.717) is 50.9 Å². The second-order valence-corrected chi connectivity index (χ2v) is 39.9. The summed E-state index contributed by atoms with van der Waals surface area (Å²) in [5.41, 5.74) is 24.9. The summed E-state index contributed by atoms with van der Waals surface area (Å²) in [7, 11) is -3.68. The lowest BCUT2D eigenvalue weighted by Crippen LogP contribution is -2.42. The molecule has 13 aromatic carbocycles. The van der Waals surface area contributed by atoms with Gasteiger partial charge in [0.1, 0.15) is 28.0 Å². The predicted octanol–water partition coefficient (Wildman–Crippen LogP) is 25.8. The molecule has 4 aliphatic heterocycles. The number of aryl methyl sites for hydroxylation is 3. The van der Waals surface area contributed by atoms with E-state index in [0.717, 1.165) is 91.1 Å². The van der Waals surface area contributed by atoms with Gasteiger partial charge in [0, 0.05) is 83.3 Å². The molecule has 0 saturated heterocycles. The number of hydrogen-bond acceptors (Lipinski definition) is 9. The third-order valence-corrected chi connectivity index (χ3v) is 33.1. The summed E-state index contributed by atoms with van der Waals surface area (Å²) in [5, 5.41) is 5.75. The standard InChI is InChI=1S/C98H85N5O3P2S2/c1-60(2)67-38-45-80(64(8)52-67)101(81-46-39-68(61(3)4)53-65(81)9)77-43-47-83-90(58-77)108(109)94-84(100(83)72-28-18-13-19-29-72)54-69(62(5)6)55-85(94)102(73-30-20-14-21-31-73)92-79-56-70(40-49-91(79)110-97(92)108)98(10,11)59-66-36-41-75(42-37-66)99(71-26-16-12-17-27-71)76-44-48-89-86(57-76)105-87-50-63(7)51-88-95(87)107(89,104)96-93(106-88)78-34-24-25-35-82(78)103(96)74-32-22-15-23-33-74/h12-58,60-62H,59H2,1-11H3. The van der Waals surface area contributed by atoms with E-state index in [-0.39, 0.29) is 11.3 Å². The van der Waals surface area contributed by atoms with Crippen molar-refractivity contribution in [1.29, 1.82) is 0 Å². The van der Waals surface area contributed by atoms with Crippen molar-refractivity contribution in [1.82, 2.24) is 4.57 Å². The van der Waals surface area contributed by atoms with Gasteiger partial charge in [-0.3, -0.25) is 0 Å². The second-order valence-electron chi connectivity index (χ2n) is 31.7. The van der Waals surface area contributed by atoms with Gasteiger partial charge in [-0.15, -0.1) is 11.3 Å². The Morgan fingerprint density at radius 1 is 0.455 bits per heavy atom. The first-order chi connectivity index (χ1) is 53.2. The van der Waals surface area contributed by atoms with Gasteiger partial charge in [-0.25, -0.2) is 0 Å². The zero-order chi connectivity index (χ0) is 75.4. The van der Waals surface area contributed by atoms with E-state index in [9.17, 15) is 0 Å². The molecule has 0 N–H and O–H groups in total. The number of rotatable bonds is 15. The lowest BCUT2D eigenvalue weighted by atomic mass is 9.79. The fourth-order valence-corrected chi connectivity index (χ4v) is 27.5. The highest BCUT2D eigenvalue weighted by Crippen LogP contribution is 2.66. The first kappa shape index (κ1) is 69.5. The minimum Gasteiger partial charge on any atom is -0.456 e. The third kappa shape index (κ3) is 10.9. The zero-order valence-electron chi connectivity index (χ0n) is 63.7. The van der Waals surface area contributed by atoms with Crippen LogP contribution in [0.4, 0.5) is 68.2 Å². The summed E-state index contributed by atoms with van der Waals surface area (Å²) < 4.78 is 35.6. The Bertz CT molecular complexity index is 6290. The largest absolute Gasteiger partial charge is 0.456 e. The predicted molar refractivity (Wildman–Crippen MR) is 470 cm³/mol. The summed E-state index contributed by atoms with van der Waals surface area (Å²) in [6.45, 7) is 25.1. The molecular weight excluding hydrogens is 1420 g/mol. The molecule has 2 aromatic heterocycles. The van der Waals surface area contributed by atoms with Gasteiger partial charge in [0.05, 0.1) is 44.2 Å². The number of hydrogen-bond donors (Lipinski definition) is 0. The molecule has 0 amide bonds. The molecule has 15 aromatic rings. The van der Waals surface area contributed by atoms with Crippen molar-refractivity contribution in [3.63, 3.8) is 0 Å². The van der Waals surface area contributed by atoms with Crippen LogP contribution < -0.4 is 60.3 Å². The second kappa shape index (κ2) is 26.4. The molecule has 0 aliphatic carbocycles. The van der Waals surface area contributed by atoms with Crippen molar-refractivity contribution in [3.8, 4) is 28.7 Å². The maximum absolute atomic E-state index is 17.1. The number of fused-ring (bicyclic) bond motifs is 12. The third-order valence-electron chi connectivity index (χ3n) is 23.0. The Morgan fingerprint density at radius 3 is 1.63 bits per heavy atom. The average Bonchev–Trinajstić information content (AvgIpc) is 1.27. The van der Waals surface area contributed by atoms with E-state index in [4.69, 9.17) is 21.3 Å². The molecule has 0 fully saturated rings. The van der Waals surface area contributed by atoms with Gasteiger partial charge in [0.15, 0.2) is 5.75 Å². The molecule has 110 heavy (non-hydrogen) atoms. The minimum absolute atomic E-state index is 0.221. The van der Waals surface area contributed by atoms with Gasteiger partial charge in [0.25, 0.3) is 0 Å². The summed E-state index contributed by atoms with van der Waals surface area (Å²) >= 11 is 9.85. The van der Waals surface area contributed by atoms with Crippen LogP contribution in [0.1, 0.15) is 118 Å². The van der Waals surface area contributed by atoms with E-state index in [2.05, 4.69) is 330 Å². The van der Waals surface area contributed by atoms with Crippen LogP contribution >= 0.6 is 24.5 Å². The molecule has 0 radical (unpaired) electrons. The SMILES string of the molecule is Cc1cc2c3c(c1)Oc1c(n(-c4ccccc4)c4ccccc14)P3(=O)c1ccc(N(c3ccccc3)c3ccc(CC(C)(C)c4ccc5sc6c(c5c4)N(c4ccccc4)c4cc(C(C)C)cc5c4P6(=S)c4cc(N(c6ccc(C(C)C)cc6C)c6ccc(C(C)C)cc6C)ccc4N5c4ccccc4)cc3)cc1O2. The fraction of sp³-hybridized carbons (Fsp3) is 0.163. The molecule has 0 saturated carbocycles. The minimum atomic E-state index is -3.68. The molecule has 6 heterocycles. The number of nitrogens with zero attached hydrogens (tertiary/aromatic N) is 5. The monoisotopic (exact) mass is 1510 g/mol. The van der Waals surface area contributed by atoms with Crippen LogP contribution in [0.25, 0.3) is 26.7 Å². The Morgan fingerprint density at radius 2 is 1.00 bits per heavy atom. The number of anilines is 12. The average molecular weight is 1510 g/mol. The van der Waals surface area contributed by atoms with Crippen molar-refractivity contribution in [2.75, 3.05) is 19.6 Å². The van der Waals surface area contributed by atoms with Gasteiger partial charge < -0.3 is 38.2 Å². The quantitative estimate of drug-likeness (QED) is 0.0942. The first-order valence-electron chi connectivity index (χ1n) is 38.4. The summed E-state index contributed by atoms with van der Waals surface area (Å²) in [4.78, 5) is 9.88. The van der Waals surface area contributed by atoms with Gasteiger partial charge in [0.2, 0.25) is 7.14 Å². The van der Waals surface area contributed by atoms with Crippen LogP contribution in [0.5, 0.6) is 23.0 Å². The molecule has 0 bridgehead atoms. The number of aromatic nitrogens is 1. The number of benzene rings is 13. The smallest absolute Gasteiger partial charge is 0.201 e. The fourth-order valence-electron chi connectivity index (χ4n) is 17.5. The highest BCUT2D eigenvalue weighted by atomic mass is 32.4. The zero-order valence-corrected chi connectivity index (χ0v) is 67.2. The molecular formula is C98H85N5O3P2S2. The van der Waals surface area contributed by atoms with E-state index in [1.165, 1.54) is 69.9 Å². The molecule has 0 spiro atoms. The maximum atomic E-state index is 17.1. The molecule has 542 valence electrons. The van der Waals surface area contributed by atoms with Gasteiger partial charge in [-0.1, -0.05) is 195 Å². The molecule has 2 atom stereocenters. The van der Waals surface area contributed by atoms with Crippen LogP contribution in [0.2, 0.25) is 0 Å². The summed E-state index contributed by atoms with van der Waals surface area (Å²) in [6.07, 6.45) is 0.774. The van der Waals surface area contributed by atoms with Gasteiger partial charge >= 0.3 is 0 Å². The Balaban J connectivity index is 0.730. The van der Waals surface area contributed by atoms with E-state index >= 15 is 4.57 Å².